The summed E-state index contributed by atoms with van der Waals surface area (Å²) in [7, 11) is 3.46. The third kappa shape index (κ3) is 2.77. The molecule has 0 saturated carbocycles. The predicted octanol–water partition coefficient (Wildman–Crippen LogP) is 3.85. The number of rotatable bonds is 3. The molecule has 1 unspecified atom stereocenters. The monoisotopic (exact) mass is 296 g/mol. The van der Waals surface area contributed by atoms with E-state index in [4.69, 9.17) is 4.74 Å². The maximum absolute atomic E-state index is 12.5. The van der Waals surface area contributed by atoms with Crippen molar-refractivity contribution in [2.45, 2.75) is 18.9 Å². The van der Waals surface area contributed by atoms with Crippen LogP contribution in [0.2, 0.25) is 0 Å². The summed E-state index contributed by atoms with van der Waals surface area (Å²) in [5, 5.41) is 2.93. The summed E-state index contributed by atoms with van der Waals surface area (Å²) in [5.74, 6) is 0.728. The Morgan fingerprint density at radius 3 is 2.86 bits per heavy atom. The van der Waals surface area contributed by atoms with Crippen LogP contribution < -0.4 is 10.1 Å². The Labute approximate surface area is 130 Å². The summed E-state index contributed by atoms with van der Waals surface area (Å²) in [6.45, 7) is 0. The Morgan fingerprint density at radius 1 is 1.23 bits per heavy atom. The molecule has 0 fully saturated rings. The first-order chi connectivity index (χ1) is 10.7. The number of methoxy groups -OCH3 is 1. The molecule has 1 N–H and O–H groups in total. The first-order valence-electron chi connectivity index (χ1n) is 7.44. The van der Waals surface area contributed by atoms with Gasteiger partial charge in [-0.2, -0.15) is 0 Å². The van der Waals surface area contributed by atoms with Gasteiger partial charge in [-0.3, -0.25) is 0 Å². The number of amides is 2. The van der Waals surface area contributed by atoms with E-state index >= 15 is 0 Å². The fraction of sp³-hybridized carbons (Fsp3) is 0.278. The maximum Gasteiger partial charge on any atom is 0.322 e. The van der Waals surface area contributed by atoms with Gasteiger partial charge < -0.3 is 15.0 Å². The molecule has 0 heterocycles. The topological polar surface area (TPSA) is 41.6 Å². The third-order valence-electron chi connectivity index (χ3n) is 4.21. The van der Waals surface area contributed by atoms with E-state index in [-0.39, 0.29) is 12.1 Å². The largest absolute Gasteiger partial charge is 0.497 e. The highest BCUT2D eigenvalue weighted by Gasteiger charge is 2.28. The van der Waals surface area contributed by atoms with E-state index in [1.165, 1.54) is 11.1 Å². The van der Waals surface area contributed by atoms with Gasteiger partial charge in [0, 0.05) is 18.8 Å². The SMILES string of the molecule is COc1cccc(NC(=O)N(C)C2CCc3ccccc32)c1. The molecule has 0 spiro atoms. The van der Waals surface area contributed by atoms with Gasteiger partial charge in [-0.1, -0.05) is 30.3 Å². The van der Waals surface area contributed by atoms with Crippen LogP contribution in [0, 0.1) is 0 Å². The lowest BCUT2D eigenvalue weighted by Gasteiger charge is -2.25. The molecule has 114 valence electrons. The molecule has 2 aromatic rings. The standard InChI is InChI=1S/C18H20N2O2/c1-20(17-11-10-13-6-3-4-9-16(13)17)18(21)19-14-7-5-8-15(12-14)22-2/h3-9,12,17H,10-11H2,1-2H3,(H,19,21). The Balaban J connectivity index is 1.73. The van der Waals surface area contributed by atoms with Crippen molar-refractivity contribution in [1.82, 2.24) is 4.90 Å². The first kappa shape index (κ1) is 14.4. The summed E-state index contributed by atoms with van der Waals surface area (Å²) >= 11 is 0. The lowest BCUT2D eigenvalue weighted by molar-refractivity contribution is 0.204. The summed E-state index contributed by atoms with van der Waals surface area (Å²) in [6.07, 6.45) is 2.00. The minimum Gasteiger partial charge on any atom is -0.497 e. The number of carbonyl (C=O) groups excluding carboxylic acids is 1. The van der Waals surface area contributed by atoms with Crippen molar-refractivity contribution >= 4 is 11.7 Å². The van der Waals surface area contributed by atoms with Gasteiger partial charge in [0.1, 0.15) is 5.75 Å². The van der Waals surface area contributed by atoms with E-state index in [1.807, 2.05) is 37.4 Å². The van der Waals surface area contributed by atoms with Crippen LogP contribution in [0.5, 0.6) is 5.75 Å². The molecule has 4 nitrogen and oxygen atoms in total. The molecule has 1 aliphatic carbocycles. The molecule has 0 saturated heterocycles. The van der Waals surface area contributed by atoms with E-state index < -0.39 is 0 Å². The number of aryl methyl sites for hydroxylation is 1. The van der Waals surface area contributed by atoms with E-state index in [1.54, 1.807) is 12.0 Å². The number of nitrogens with zero attached hydrogens (tertiary/aromatic N) is 1. The maximum atomic E-state index is 12.5. The van der Waals surface area contributed by atoms with Gasteiger partial charge in [0.2, 0.25) is 0 Å². The van der Waals surface area contributed by atoms with Gasteiger partial charge >= 0.3 is 6.03 Å². The number of ether oxygens (including phenoxy) is 1. The van der Waals surface area contributed by atoms with Crippen molar-refractivity contribution in [2.75, 3.05) is 19.5 Å². The van der Waals surface area contributed by atoms with Gasteiger partial charge in [-0.25, -0.2) is 4.79 Å². The Bertz CT molecular complexity index is 684. The number of hydrogen-bond acceptors (Lipinski definition) is 2. The minimum atomic E-state index is -0.102. The van der Waals surface area contributed by atoms with Crippen LogP contribution in [-0.2, 0) is 6.42 Å². The lowest BCUT2D eigenvalue weighted by Crippen LogP contribution is -2.34. The van der Waals surface area contributed by atoms with Crippen molar-refractivity contribution in [3.63, 3.8) is 0 Å². The zero-order chi connectivity index (χ0) is 15.5. The second kappa shape index (κ2) is 6.10. The third-order valence-corrected chi connectivity index (χ3v) is 4.21. The molecule has 2 aromatic carbocycles. The average molecular weight is 296 g/mol. The van der Waals surface area contributed by atoms with Gasteiger partial charge in [0.15, 0.2) is 0 Å². The van der Waals surface area contributed by atoms with Crippen LogP contribution in [0.4, 0.5) is 10.5 Å². The van der Waals surface area contributed by atoms with E-state index in [9.17, 15) is 4.79 Å². The molecule has 0 aliphatic heterocycles. The number of benzene rings is 2. The normalized spacial score (nSPS) is 16.0. The van der Waals surface area contributed by atoms with Crippen LogP contribution in [-0.4, -0.2) is 25.1 Å². The van der Waals surface area contributed by atoms with E-state index in [2.05, 4.69) is 23.5 Å². The highest BCUT2D eigenvalue weighted by atomic mass is 16.5. The smallest absolute Gasteiger partial charge is 0.322 e. The highest BCUT2D eigenvalue weighted by molar-refractivity contribution is 5.89. The average Bonchev–Trinajstić information content (AvgIpc) is 2.98. The van der Waals surface area contributed by atoms with Crippen molar-refractivity contribution in [2.24, 2.45) is 0 Å². The quantitative estimate of drug-likeness (QED) is 0.934. The molecule has 2 amide bonds. The van der Waals surface area contributed by atoms with Crippen LogP contribution in [0.15, 0.2) is 48.5 Å². The van der Waals surface area contributed by atoms with E-state index in [0.717, 1.165) is 24.3 Å². The zero-order valence-corrected chi connectivity index (χ0v) is 12.9. The Hall–Kier alpha value is -2.49. The minimum absolute atomic E-state index is 0.102. The molecule has 0 bridgehead atoms. The van der Waals surface area contributed by atoms with Crippen LogP contribution >= 0.6 is 0 Å². The van der Waals surface area contributed by atoms with Gasteiger partial charge in [0.05, 0.1) is 13.2 Å². The summed E-state index contributed by atoms with van der Waals surface area (Å²) in [5.41, 5.74) is 3.34. The van der Waals surface area contributed by atoms with Crippen molar-refractivity contribution in [3.8, 4) is 5.75 Å². The summed E-state index contributed by atoms with van der Waals surface area (Å²) < 4.78 is 5.18. The number of urea groups is 1. The lowest BCUT2D eigenvalue weighted by atomic mass is 10.1. The molecular weight excluding hydrogens is 276 g/mol. The molecular formula is C18H20N2O2. The molecule has 0 aromatic heterocycles. The number of anilines is 1. The molecule has 1 atom stereocenters. The van der Waals surface area contributed by atoms with E-state index in [0.29, 0.717) is 0 Å². The second-order valence-corrected chi connectivity index (χ2v) is 5.53. The van der Waals surface area contributed by atoms with Crippen molar-refractivity contribution in [3.05, 3.63) is 59.7 Å². The van der Waals surface area contributed by atoms with Gasteiger partial charge in [-0.05, 0) is 36.1 Å². The summed E-state index contributed by atoms with van der Waals surface area (Å²) in [4.78, 5) is 14.3. The second-order valence-electron chi connectivity index (χ2n) is 5.53. The fourth-order valence-electron chi connectivity index (χ4n) is 2.99. The first-order valence-corrected chi connectivity index (χ1v) is 7.44. The van der Waals surface area contributed by atoms with Crippen molar-refractivity contribution in [1.29, 1.82) is 0 Å². The van der Waals surface area contributed by atoms with Crippen LogP contribution in [0.1, 0.15) is 23.6 Å². The van der Waals surface area contributed by atoms with Gasteiger partial charge in [0.25, 0.3) is 0 Å². The molecule has 0 radical (unpaired) electrons. The molecule has 3 rings (SSSR count). The molecule has 22 heavy (non-hydrogen) atoms. The predicted molar refractivity (Wildman–Crippen MR) is 87.3 cm³/mol. The van der Waals surface area contributed by atoms with Crippen molar-refractivity contribution < 1.29 is 9.53 Å². The highest BCUT2D eigenvalue weighted by Crippen LogP contribution is 2.35. The number of carbonyl (C=O) groups is 1. The Morgan fingerprint density at radius 2 is 2.05 bits per heavy atom. The van der Waals surface area contributed by atoms with Crippen LogP contribution in [0.25, 0.3) is 0 Å². The number of fused-ring (bicyclic) bond motifs is 1. The molecule has 4 heteroatoms. The fourth-order valence-corrected chi connectivity index (χ4v) is 2.99. The van der Waals surface area contributed by atoms with Crippen LogP contribution in [0.3, 0.4) is 0 Å². The van der Waals surface area contributed by atoms with Gasteiger partial charge in [-0.15, -0.1) is 0 Å². The summed E-state index contributed by atoms with van der Waals surface area (Å²) in [6, 6.07) is 15.8. The molecule has 1 aliphatic rings. The number of hydrogen-bond donors (Lipinski definition) is 1. The Kier molecular flexibility index (Phi) is 4.00. The zero-order valence-electron chi connectivity index (χ0n) is 12.9. The number of nitrogens with one attached hydrogen (secondary N) is 1.